The molecule has 0 fully saturated rings. The second-order valence-corrected chi connectivity index (χ2v) is 2.26. The fraction of sp³-hybridized carbons (Fsp3) is 0.571. The van der Waals surface area contributed by atoms with Crippen molar-refractivity contribution in [2.45, 2.75) is 13.3 Å². The topological polar surface area (TPSA) is 8.81 Å². The third-order valence-corrected chi connectivity index (χ3v) is 1.73. The van der Waals surface area contributed by atoms with Crippen LogP contribution in [0.3, 0.4) is 0 Å². The van der Waals surface area contributed by atoms with E-state index in [4.69, 9.17) is 0 Å². The van der Waals surface area contributed by atoms with Crippen LogP contribution in [0.15, 0.2) is 12.3 Å². The van der Waals surface area contributed by atoms with Crippen LogP contribution in [0.25, 0.3) is 0 Å². The number of nitrogens with zero attached hydrogens (tertiary/aromatic N) is 2. The van der Waals surface area contributed by atoms with Crippen LogP contribution in [-0.4, -0.2) is 4.68 Å². The molecule has 1 aromatic rings. The molecule has 2 heteroatoms. The minimum atomic E-state index is 1.11. The average Bonchev–Trinajstić information content (AvgIpc) is 2.15. The number of rotatable bonds is 1. The van der Waals surface area contributed by atoms with Crippen LogP contribution in [0.2, 0.25) is 0 Å². The molecule has 0 aromatic carbocycles. The van der Waals surface area contributed by atoms with Crippen molar-refractivity contribution >= 4 is 0 Å². The minimum Gasteiger partial charge on any atom is -0.161 e. The van der Waals surface area contributed by atoms with Crippen molar-refractivity contribution in [1.29, 1.82) is 0 Å². The molecule has 0 spiro atoms. The van der Waals surface area contributed by atoms with Crippen LogP contribution < -0.4 is 4.68 Å². The Bertz CT molecular complexity index is 201. The minimum absolute atomic E-state index is 1.11. The first-order valence-corrected chi connectivity index (χ1v) is 3.26. The van der Waals surface area contributed by atoms with E-state index in [2.05, 4.69) is 35.6 Å². The molecule has 0 N–H and O–H groups in total. The zero-order chi connectivity index (χ0) is 6.85. The van der Waals surface area contributed by atoms with Crippen molar-refractivity contribution in [3.63, 3.8) is 0 Å². The van der Waals surface area contributed by atoms with Crippen LogP contribution in [0.1, 0.15) is 12.6 Å². The zero-order valence-electron chi connectivity index (χ0n) is 6.26. The molecule has 0 amide bonds. The zero-order valence-corrected chi connectivity index (χ0v) is 6.26. The van der Waals surface area contributed by atoms with E-state index in [-0.39, 0.29) is 0 Å². The van der Waals surface area contributed by atoms with E-state index in [0.29, 0.717) is 0 Å². The van der Waals surface area contributed by atoms with E-state index in [0.717, 1.165) is 6.42 Å². The second kappa shape index (κ2) is 2.21. The number of hydrogen-bond donors (Lipinski definition) is 0. The van der Waals surface area contributed by atoms with Gasteiger partial charge in [0.05, 0.1) is 12.7 Å². The van der Waals surface area contributed by atoms with Gasteiger partial charge in [0.2, 0.25) is 0 Å². The van der Waals surface area contributed by atoms with Gasteiger partial charge in [0.1, 0.15) is 0 Å². The highest BCUT2D eigenvalue weighted by Gasteiger charge is 2.02. The van der Waals surface area contributed by atoms with Crippen molar-refractivity contribution in [3.8, 4) is 0 Å². The Morgan fingerprint density at radius 3 is 2.56 bits per heavy atom. The Kier molecular flexibility index (Phi) is 1.56. The van der Waals surface area contributed by atoms with Crippen molar-refractivity contribution in [2.24, 2.45) is 14.1 Å². The van der Waals surface area contributed by atoms with Gasteiger partial charge in [-0.05, 0) is 6.42 Å². The summed E-state index contributed by atoms with van der Waals surface area (Å²) < 4.78 is 4.21. The van der Waals surface area contributed by atoms with E-state index in [1.165, 1.54) is 5.69 Å². The molecule has 1 rings (SSSR count). The molecule has 0 aliphatic carbocycles. The number of hydrogen-bond acceptors (Lipinski definition) is 0. The third kappa shape index (κ3) is 0.969. The Hall–Kier alpha value is -0.790. The molecule has 0 atom stereocenters. The van der Waals surface area contributed by atoms with E-state index in [1.54, 1.807) is 0 Å². The van der Waals surface area contributed by atoms with Gasteiger partial charge >= 0.3 is 0 Å². The molecule has 0 unspecified atom stereocenters. The lowest BCUT2D eigenvalue weighted by Gasteiger charge is -1.92. The van der Waals surface area contributed by atoms with E-state index in [1.807, 2.05) is 7.05 Å². The predicted molar refractivity (Wildman–Crippen MR) is 36.0 cm³/mol. The van der Waals surface area contributed by atoms with Crippen LogP contribution >= 0.6 is 0 Å². The highest BCUT2D eigenvalue weighted by atomic mass is 15.4. The first-order chi connectivity index (χ1) is 4.25. The van der Waals surface area contributed by atoms with Gasteiger partial charge in [0, 0.05) is 6.07 Å². The Morgan fingerprint density at radius 1 is 1.67 bits per heavy atom. The summed E-state index contributed by atoms with van der Waals surface area (Å²) in [6, 6.07) is 2.14. The molecule has 0 radical (unpaired) electrons. The SMILES string of the molecule is CCc1cc[n+](C)n1C. The van der Waals surface area contributed by atoms with Gasteiger partial charge in [-0.1, -0.05) is 6.92 Å². The third-order valence-electron chi connectivity index (χ3n) is 1.73. The first-order valence-electron chi connectivity index (χ1n) is 3.26. The largest absolute Gasteiger partial charge is 0.195 e. The summed E-state index contributed by atoms with van der Waals surface area (Å²) in [6.45, 7) is 2.16. The van der Waals surface area contributed by atoms with Gasteiger partial charge in [-0.2, -0.15) is 4.68 Å². The van der Waals surface area contributed by atoms with Crippen LogP contribution in [0.4, 0.5) is 0 Å². The Balaban J connectivity index is 3.04. The smallest absolute Gasteiger partial charge is 0.161 e. The fourth-order valence-corrected chi connectivity index (χ4v) is 0.951. The molecule has 2 nitrogen and oxygen atoms in total. The summed E-state index contributed by atoms with van der Waals surface area (Å²) in [4.78, 5) is 0. The van der Waals surface area contributed by atoms with Crippen LogP contribution in [-0.2, 0) is 20.5 Å². The lowest BCUT2D eigenvalue weighted by Crippen LogP contribution is -2.36. The van der Waals surface area contributed by atoms with Gasteiger partial charge in [-0.15, -0.1) is 4.68 Å². The van der Waals surface area contributed by atoms with Crippen molar-refractivity contribution in [3.05, 3.63) is 18.0 Å². The standard InChI is InChI=1S/C7H13N2/c1-4-7-5-6-8(2)9(7)3/h5-6H,4H2,1-3H3/q+1. The molecule has 50 valence electrons. The maximum atomic E-state index is 2.16. The summed E-state index contributed by atoms with van der Waals surface area (Å²) in [7, 11) is 4.11. The van der Waals surface area contributed by atoms with Crippen molar-refractivity contribution in [1.82, 2.24) is 4.68 Å². The molecular formula is C7H13N2+. The summed E-state index contributed by atoms with van der Waals surface area (Å²) in [5.41, 5.74) is 1.37. The fourth-order valence-electron chi connectivity index (χ4n) is 0.951. The highest BCUT2D eigenvalue weighted by molar-refractivity contribution is 4.94. The normalized spacial score (nSPS) is 10.1. The Labute approximate surface area is 55.7 Å². The van der Waals surface area contributed by atoms with E-state index in [9.17, 15) is 0 Å². The van der Waals surface area contributed by atoms with Crippen molar-refractivity contribution in [2.75, 3.05) is 0 Å². The lowest BCUT2D eigenvalue weighted by molar-refractivity contribution is -0.751. The van der Waals surface area contributed by atoms with Gasteiger partial charge in [0.25, 0.3) is 0 Å². The predicted octanol–water partition coefficient (Wildman–Crippen LogP) is 0.412. The van der Waals surface area contributed by atoms with Gasteiger partial charge in [-0.3, -0.25) is 0 Å². The summed E-state index contributed by atoms with van der Waals surface area (Å²) in [5, 5.41) is 0. The van der Waals surface area contributed by atoms with Crippen molar-refractivity contribution < 1.29 is 4.68 Å². The monoisotopic (exact) mass is 125 g/mol. The quantitative estimate of drug-likeness (QED) is 0.481. The van der Waals surface area contributed by atoms with Crippen LogP contribution in [0.5, 0.6) is 0 Å². The number of aromatic nitrogens is 2. The van der Waals surface area contributed by atoms with Crippen LogP contribution in [0, 0.1) is 0 Å². The molecular weight excluding hydrogens is 112 g/mol. The lowest BCUT2D eigenvalue weighted by atomic mass is 10.3. The maximum absolute atomic E-state index is 2.16. The summed E-state index contributed by atoms with van der Waals surface area (Å²) in [5.74, 6) is 0. The second-order valence-electron chi connectivity index (χ2n) is 2.26. The van der Waals surface area contributed by atoms with Gasteiger partial charge in [-0.25, -0.2) is 0 Å². The maximum Gasteiger partial charge on any atom is 0.195 e. The highest BCUT2D eigenvalue weighted by Crippen LogP contribution is 1.92. The summed E-state index contributed by atoms with van der Waals surface area (Å²) in [6.07, 6.45) is 3.18. The molecule has 9 heavy (non-hydrogen) atoms. The van der Waals surface area contributed by atoms with E-state index < -0.39 is 0 Å². The molecule has 1 aromatic heterocycles. The Morgan fingerprint density at radius 2 is 2.33 bits per heavy atom. The van der Waals surface area contributed by atoms with E-state index >= 15 is 0 Å². The number of aryl methyl sites for hydroxylation is 2. The molecule has 0 aliphatic heterocycles. The average molecular weight is 125 g/mol. The molecule has 1 heterocycles. The molecule has 0 aliphatic rings. The summed E-state index contributed by atoms with van der Waals surface area (Å²) >= 11 is 0. The first kappa shape index (κ1) is 6.33. The van der Waals surface area contributed by atoms with Gasteiger partial charge < -0.3 is 0 Å². The molecule has 0 saturated heterocycles. The van der Waals surface area contributed by atoms with Gasteiger partial charge in [0.15, 0.2) is 13.2 Å². The molecule has 0 saturated carbocycles. The molecule has 0 bridgehead atoms.